The van der Waals surface area contributed by atoms with Crippen LogP contribution in [0.5, 0.6) is 0 Å². The third kappa shape index (κ3) is 2.87. The summed E-state index contributed by atoms with van der Waals surface area (Å²) in [5.74, 6) is -0.0621. The van der Waals surface area contributed by atoms with E-state index in [1.165, 1.54) is 0 Å². The second-order valence-electron chi connectivity index (χ2n) is 5.40. The Morgan fingerprint density at radius 3 is 2.95 bits per heavy atom. The van der Waals surface area contributed by atoms with E-state index in [4.69, 9.17) is 10.5 Å². The van der Waals surface area contributed by atoms with Crippen molar-refractivity contribution in [2.75, 3.05) is 25.9 Å². The van der Waals surface area contributed by atoms with E-state index in [9.17, 15) is 4.79 Å². The van der Waals surface area contributed by atoms with Crippen molar-refractivity contribution in [2.24, 2.45) is 0 Å². The third-order valence-electron chi connectivity index (χ3n) is 3.74. The molecule has 5 nitrogen and oxygen atoms in total. The van der Waals surface area contributed by atoms with Gasteiger partial charge in [-0.2, -0.15) is 0 Å². The Morgan fingerprint density at radius 1 is 1.58 bits per heavy atom. The van der Waals surface area contributed by atoms with Crippen LogP contribution in [-0.2, 0) is 4.74 Å². The second kappa shape index (κ2) is 5.17. The summed E-state index contributed by atoms with van der Waals surface area (Å²) in [4.78, 5) is 18.4. The minimum atomic E-state index is -0.263. The fraction of sp³-hybridized carbons (Fsp3) is 0.571. The van der Waals surface area contributed by atoms with Crippen molar-refractivity contribution in [3.05, 3.63) is 23.5 Å². The lowest BCUT2D eigenvalue weighted by Crippen LogP contribution is -2.49. The highest BCUT2D eigenvalue weighted by Crippen LogP contribution is 2.26. The molecule has 2 heterocycles. The Bertz CT molecular complexity index is 490. The average Bonchev–Trinajstić information content (AvgIpc) is 2.38. The SMILES string of the molecule is COC1(C)CCCN(C(=O)c2cnc(C)cc2N)C1. The molecule has 5 heteroatoms. The molecular formula is C14H21N3O2. The number of pyridine rings is 1. The maximum atomic E-state index is 12.5. The Hall–Kier alpha value is -1.62. The van der Waals surface area contributed by atoms with Gasteiger partial charge in [0, 0.05) is 37.8 Å². The third-order valence-corrected chi connectivity index (χ3v) is 3.74. The number of methoxy groups -OCH3 is 1. The molecule has 1 aliphatic heterocycles. The highest BCUT2D eigenvalue weighted by molar-refractivity contribution is 5.98. The van der Waals surface area contributed by atoms with Gasteiger partial charge in [0.25, 0.3) is 5.91 Å². The van der Waals surface area contributed by atoms with Gasteiger partial charge in [0.2, 0.25) is 0 Å². The number of carbonyl (C=O) groups excluding carboxylic acids is 1. The Labute approximate surface area is 113 Å². The van der Waals surface area contributed by atoms with Crippen molar-refractivity contribution in [1.82, 2.24) is 9.88 Å². The summed E-state index contributed by atoms with van der Waals surface area (Å²) in [5, 5.41) is 0. The van der Waals surface area contributed by atoms with Crippen molar-refractivity contribution in [2.45, 2.75) is 32.3 Å². The number of ether oxygens (including phenoxy) is 1. The molecule has 2 rings (SSSR count). The van der Waals surface area contributed by atoms with E-state index in [1.54, 1.807) is 24.3 Å². The molecule has 0 saturated carbocycles. The molecule has 1 aliphatic rings. The van der Waals surface area contributed by atoms with Crippen LogP contribution < -0.4 is 5.73 Å². The first kappa shape index (κ1) is 13.8. The smallest absolute Gasteiger partial charge is 0.257 e. The molecule has 1 amide bonds. The van der Waals surface area contributed by atoms with Gasteiger partial charge in [-0.3, -0.25) is 9.78 Å². The van der Waals surface area contributed by atoms with Crippen LogP contribution in [0.15, 0.2) is 12.3 Å². The first-order valence-electron chi connectivity index (χ1n) is 6.52. The van der Waals surface area contributed by atoms with Gasteiger partial charge in [0.05, 0.1) is 11.2 Å². The maximum absolute atomic E-state index is 12.5. The van der Waals surface area contributed by atoms with E-state index in [1.807, 2.05) is 13.8 Å². The molecule has 0 bridgehead atoms. The molecule has 1 aromatic heterocycles. The highest BCUT2D eigenvalue weighted by atomic mass is 16.5. The summed E-state index contributed by atoms with van der Waals surface area (Å²) in [5.41, 5.74) is 7.43. The van der Waals surface area contributed by atoms with Crippen molar-refractivity contribution >= 4 is 11.6 Å². The van der Waals surface area contributed by atoms with E-state index >= 15 is 0 Å². The molecule has 0 aromatic carbocycles. The number of nitrogens with zero attached hydrogens (tertiary/aromatic N) is 2. The van der Waals surface area contributed by atoms with Gasteiger partial charge in [-0.1, -0.05) is 0 Å². The van der Waals surface area contributed by atoms with Crippen LogP contribution in [0.2, 0.25) is 0 Å². The maximum Gasteiger partial charge on any atom is 0.257 e. The van der Waals surface area contributed by atoms with Crippen LogP contribution in [0.4, 0.5) is 5.69 Å². The fourth-order valence-electron chi connectivity index (χ4n) is 2.48. The number of aryl methyl sites for hydroxylation is 1. The molecule has 19 heavy (non-hydrogen) atoms. The van der Waals surface area contributed by atoms with E-state index in [0.29, 0.717) is 17.8 Å². The summed E-state index contributed by atoms with van der Waals surface area (Å²) >= 11 is 0. The van der Waals surface area contributed by atoms with Crippen LogP contribution >= 0.6 is 0 Å². The first-order valence-corrected chi connectivity index (χ1v) is 6.52. The molecule has 0 aliphatic carbocycles. The van der Waals surface area contributed by atoms with Crippen LogP contribution in [-0.4, -0.2) is 41.6 Å². The number of carbonyl (C=O) groups is 1. The van der Waals surface area contributed by atoms with Crippen LogP contribution in [0.3, 0.4) is 0 Å². The number of nitrogen functional groups attached to an aromatic ring is 1. The molecule has 104 valence electrons. The van der Waals surface area contributed by atoms with Gasteiger partial charge in [0.1, 0.15) is 0 Å². The topological polar surface area (TPSA) is 68.5 Å². The Balaban J connectivity index is 2.19. The summed E-state index contributed by atoms with van der Waals surface area (Å²) in [6.07, 6.45) is 3.47. The van der Waals surface area contributed by atoms with Gasteiger partial charge >= 0.3 is 0 Å². The molecule has 0 spiro atoms. The number of hydrogen-bond donors (Lipinski definition) is 1. The molecule has 2 N–H and O–H groups in total. The number of amides is 1. The van der Waals surface area contributed by atoms with E-state index in [2.05, 4.69) is 4.98 Å². The van der Waals surface area contributed by atoms with Crippen LogP contribution in [0, 0.1) is 6.92 Å². The van der Waals surface area contributed by atoms with Crippen LogP contribution in [0.25, 0.3) is 0 Å². The molecule has 1 saturated heterocycles. The minimum absolute atomic E-state index is 0.0621. The van der Waals surface area contributed by atoms with E-state index in [-0.39, 0.29) is 11.5 Å². The van der Waals surface area contributed by atoms with Crippen LogP contribution in [0.1, 0.15) is 35.8 Å². The minimum Gasteiger partial charge on any atom is -0.398 e. The molecule has 0 radical (unpaired) electrons. The molecule has 1 unspecified atom stereocenters. The fourth-order valence-corrected chi connectivity index (χ4v) is 2.48. The lowest BCUT2D eigenvalue weighted by atomic mass is 9.94. The first-order chi connectivity index (χ1) is 8.95. The predicted octanol–water partition coefficient (Wildman–Crippen LogP) is 1.61. The lowest BCUT2D eigenvalue weighted by Gasteiger charge is -2.39. The largest absolute Gasteiger partial charge is 0.398 e. The zero-order chi connectivity index (χ0) is 14.0. The molecule has 1 atom stereocenters. The molecule has 1 aromatic rings. The van der Waals surface area contributed by atoms with Gasteiger partial charge in [-0.25, -0.2) is 0 Å². The monoisotopic (exact) mass is 263 g/mol. The summed E-state index contributed by atoms with van der Waals surface area (Å²) in [7, 11) is 1.69. The normalized spacial score (nSPS) is 23.4. The van der Waals surface area contributed by atoms with Crippen molar-refractivity contribution in [1.29, 1.82) is 0 Å². The Morgan fingerprint density at radius 2 is 2.32 bits per heavy atom. The molecule has 1 fully saturated rings. The number of likely N-dealkylation sites (tertiary alicyclic amines) is 1. The lowest BCUT2D eigenvalue weighted by molar-refractivity contribution is -0.0440. The van der Waals surface area contributed by atoms with Crippen molar-refractivity contribution in [3.8, 4) is 0 Å². The van der Waals surface area contributed by atoms with E-state index < -0.39 is 0 Å². The van der Waals surface area contributed by atoms with Gasteiger partial charge in [-0.05, 0) is 32.8 Å². The summed E-state index contributed by atoms with van der Waals surface area (Å²) in [6, 6.07) is 1.73. The van der Waals surface area contributed by atoms with Gasteiger partial charge in [-0.15, -0.1) is 0 Å². The highest BCUT2D eigenvalue weighted by Gasteiger charge is 2.33. The zero-order valence-electron chi connectivity index (χ0n) is 11.8. The number of piperidine rings is 1. The number of nitrogens with two attached hydrogens (primary N) is 1. The standard InChI is InChI=1S/C14H21N3O2/c1-10-7-12(15)11(8-16-10)13(18)17-6-4-5-14(2,9-17)19-3/h7-8H,4-6,9H2,1-3H3,(H2,15,16). The number of anilines is 1. The number of hydrogen-bond acceptors (Lipinski definition) is 4. The van der Waals surface area contributed by atoms with Gasteiger partial charge < -0.3 is 15.4 Å². The van der Waals surface area contributed by atoms with Crippen molar-refractivity contribution < 1.29 is 9.53 Å². The molecular weight excluding hydrogens is 242 g/mol. The average molecular weight is 263 g/mol. The summed E-state index contributed by atoms with van der Waals surface area (Å²) < 4.78 is 5.50. The van der Waals surface area contributed by atoms with E-state index in [0.717, 1.165) is 25.1 Å². The van der Waals surface area contributed by atoms with Gasteiger partial charge in [0.15, 0.2) is 0 Å². The predicted molar refractivity (Wildman–Crippen MR) is 73.9 cm³/mol. The quantitative estimate of drug-likeness (QED) is 0.880. The number of rotatable bonds is 2. The van der Waals surface area contributed by atoms with Crippen molar-refractivity contribution in [3.63, 3.8) is 0 Å². The number of aromatic nitrogens is 1. The zero-order valence-corrected chi connectivity index (χ0v) is 11.8. The second-order valence-corrected chi connectivity index (χ2v) is 5.40. The summed E-state index contributed by atoms with van der Waals surface area (Å²) in [6.45, 7) is 5.22. The Kier molecular flexibility index (Phi) is 3.75.